The van der Waals surface area contributed by atoms with Crippen molar-refractivity contribution in [2.24, 2.45) is 11.8 Å². The van der Waals surface area contributed by atoms with E-state index in [2.05, 4.69) is 0 Å². The van der Waals surface area contributed by atoms with Crippen LogP contribution in [0.15, 0.2) is 0 Å². The molecule has 3 heterocycles. The van der Waals surface area contributed by atoms with Gasteiger partial charge < -0.3 is 14.2 Å². The first-order chi connectivity index (χ1) is 5.45. The van der Waals surface area contributed by atoms with Gasteiger partial charge in [-0.1, -0.05) is 0 Å². The molecule has 0 unspecified atom stereocenters. The van der Waals surface area contributed by atoms with E-state index in [9.17, 15) is 0 Å². The first kappa shape index (κ1) is 4.80. The van der Waals surface area contributed by atoms with Crippen molar-refractivity contribution in [3.63, 3.8) is 0 Å². The molecule has 3 nitrogen and oxygen atoms in total. The third-order valence-corrected chi connectivity index (χ3v) is 3.96. The summed E-state index contributed by atoms with van der Waals surface area (Å²) >= 11 is 0. The van der Waals surface area contributed by atoms with E-state index in [1.165, 1.54) is 0 Å². The van der Waals surface area contributed by atoms with Crippen molar-refractivity contribution in [3.8, 4) is 0 Å². The zero-order valence-corrected chi connectivity index (χ0v) is 5.84. The monoisotopic (exact) mass is 152 g/mol. The molecule has 3 aliphatic heterocycles. The molecule has 0 aromatic carbocycles. The Balaban J connectivity index is 1.77. The molecule has 3 saturated heterocycles. The third kappa shape index (κ3) is 0.350. The molecule has 3 heteroatoms. The molecule has 0 radical (unpaired) electrons. The molecule has 6 rings (SSSR count). The predicted octanol–water partition coefficient (Wildman–Crippen LogP) is -0.452. The van der Waals surface area contributed by atoms with Gasteiger partial charge >= 0.3 is 0 Å². The predicted molar refractivity (Wildman–Crippen MR) is 33.0 cm³/mol. The molecule has 58 valence electrons. The summed E-state index contributed by atoms with van der Waals surface area (Å²) in [5.74, 6) is 1.22. The minimum atomic E-state index is 0.521. The number of hydrogen-bond acceptors (Lipinski definition) is 3. The topological polar surface area (TPSA) is 37.6 Å². The first-order valence-corrected chi connectivity index (χ1v) is 4.41. The maximum atomic E-state index is 5.61. The standard InChI is InChI=1S/C8H8O3/c9-3-1-4-7(10-4)2(6(3)9)8-5(1)11-8/h1-8H/t1?,2?,3-,4-,5-,6+,7+,8+. The van der Waals surface area contributed by atoms with Crippen LogP contribution in [0, 0.1) is 11.8 Å². The highest BCUT2D eigenvalue weighted by atomic mass is 16.7. The molecule has 3 saturated carbocycles. The maximum Gasteiger partial charge on any atom is 0.0926 e. The second kappa shape index (κ2) is 1.08. The number of ether oxygens (including phenoxy) is 3. The average Bonchev–Trinajstić information content (AvgIpc) is 2.79. The van der Waals surface area contributed by atoms with Crippen LogP contribution in [0.25, 0.3) is 0 Å². The Morgan fingerprint density at radius 1 is 0.455 bits per heavy atom. The van der Waals surface area contributed by atoms with Gasteiger partial charge in [-0.15, -0.1) is 0 Å². The Bertz CT molecular complexity index is 199. The quantitative estimate of drug-likeness (QED) is 0.441. The lowest BCUT2D eigenvalue weighted by molar-refractivity contribution is 0.183. The second-order valence-corrected chi connectivity index (χ2v) is 4.35. The fourth-order valence-corrected chi connectivity index (χ4v) is 3.39. The lowest BCUT2D eigenvalue weighted by Gasteiger charge is -2.23. The summed E-state index contributed by atoms with van der Waals surface area (Å²) in [6.07, 6.45) is 3.12. The molecule has 0 spiro atoms. The van der Waals surface area contributed by atoms with E-state index in [0.29, 0.717) is 48.5 Å². The van der Waals surface area contributed by atoms with E-state index < -0.39 is 0 Å². The van der Waals surface area contributed by atoms with Crippen LogP contribution in [0.2, 0.25) is 0 Å². The second-order valence-electron chi connectivity index (χ2n) is 4.35. The van der Waals surface area contributed by atoms with Crippen LogP contribution in [0.3, 0.4) is 0 Å². The zero-order valence-electron chi connectivity index (χ0n) is 5.84. The SMILES string of the molecule is O1[C@@H]2C3[C@H]4O[C@H]4C([C@H]12)[C@@H]1O[C@H]31. The van der Waals surface area contributed by atoms with Gasteiger partial charge in [0.05, 0.1) is 36.6 Å². The van der Waals surface area contributed by atoms with Gasteiger partial charge in [0, 0.05) is 11.8 Å². The van der Waals surface area contributed by atoms with E-state index in [-0.39, 0.29) is 0 Å². The van der Waals surface area contributed by atoms with Crippen molar-refractivity contribution >= 4 is 0 Å². The van der Waals surface area contributed by atoms with Crippen molar-refractivity contribution in [1.82, 2.24) is 0 Å². The number of epoxide rings is 3. The smallest absolute Gasteiger partial charge is 0.0926 e. The molecule has 0 aromatic rings. The molecule has 0 aromatic heterocycles. The van der Waals surface area contributed by atoms with Gasteiger partial charge in [0.1, 0.15) is 0 Å². The highest BCUT2D eigenvalue weighted by Gasteiger charge is 2.81. The molecule has 6 atom stereocenters. The molecule has 0 N–H and O–H groups in total. The summed E-state index contributed by atoms with van der Waals surface area (Å²) in [4.78, 5) is 0. The van der Waals surface area contributed by atoms with Gasteiger partial charge in [-0.2, -0.15) is 0 Å². The van der Waals surface area contributed by atoms with Crippen LogP contribution >= 0.6 is 0 Å². The highest BCUT2D eigenvalue weighted by Crippen LogP contribution is 2.66. The Kier molecular flexibility index (Phi) is 0.470. The average molecular weight is 152 g/mol. The molecule has 6 aliphatic rings. The van der Waals surface area contributed by atoms with E-state index in [1.807, 2.05) is 0 Å². The summed E-state index contributed by atoms with van der Waals surface area (Å²) in [7, 11) is 0. The third-order valence-electron chi connectivity index (χ3n) is 3.96. The normalized spacial score (nSPS) is 85.1. The Morgan fingerprint density at radius 2 is 0.727 bits per heavy atom. The molecular weight excluding hydrogens is 144 g/mol. The lowest BCUT2D eigenvalue weighted by atomic mass is 9.71. The van der Waals surface area contributed by atoms with Gasteiger partial charge in [0.15, 0.2) is 0 Å². The van der Waals surface area contributed by atoms with Crippen molar-refractivity contribution in [2.75, 3.05) is 0 Å². The van der Waals surface area contributed by atoms with Crippen molar-refractivity contribution in [1.29, 1.82) is 0 Å². The first-order valence-electron chi connectivity index (χ1n) is 4.41. The zero-order chi connectivity index (χ0) is 6.74. The van der Waals surface area contributed by atoms with Gasteiger partial charge in [-0.3, -0.25) is 0 Å². The summed E-state index contributed by atoms with van der Waals surface area (Å²) in [5, 5.41) is 0. The van der Waals surface area contributed by atoms with Gasteiger partial charge in [0.2, 0.25) is 0 Å². The molecule has 6 fully saturated rings. The summed E-state index contributed by atoms with van der Waals surface area (Å²) < 4.78 is 16.8. The minimum absolute atomic E-state index is 0.521. The largest absolute Gasteiger partial charge is 0.369 e. The summed E-state index contributed by atoms with van der Waals surface area (Å²) in [5.41, 5.74) is 0. The van der Waals surface area contributed by atoms with Gasteiger partial charge in [0.25, 0.3) is 0 Å². The summed E-state index contributed by atoms with van der Waals surface area (Å²) in [6.45, 7) is 0. The fourth-order valence-electron chi connectivity index (χ4n) is 3.39. The van der Waals surface area contributed by atoms with E-state index in [0.717, 1.165) is 0 Å². The van der Waals surface area contributed by atoms with Crippen molar-refractivity contribution in [3.05, 3.63) is 0 Å². The van der Waals surface area contributed by atoms with Gasteiger partial charge in [-0.05, 0) is 0 Å². The van der Waals surface area contributed by atoms with Crippen LogP contribution in [-0.2, 0) is 14.2 Å². The van der Waals surface area contributed by atoms with E-state index in [4.69, 9.17) is 14.2 Å². The maximum absolute atomic E-state index is 5.61. The number of hydrogen-bond donors (Lipinski definition) is 0. The van der Waals surface area contributed by atoms with E-state index >= 15 is 0 Å². The molecule has 3 aliphatic carbocycles. The molecular formula is C8H8O3. The minimum Gasteiger partial charge on any atom is -0.369 e. The van der Waals surface area contributed by atoms with Crippen molar-refractivity contribution < 1.29 is 14.2 Å². The van der Waals surface area contributed by atoms with Crippen LogP contribution in [0.4, 0.5) is 0 Å². The fraction of sp³-hybridized carbons (Fsp3) is 1.00. The Hall–Kier alpha value is -0.120. The highest BCUT2D eigenvalue weighted by molar-refractivity contribution is 5.27. The number of rotatable bonds is 0. The molecule has 0 amide bonds. The lowest BCUT2D eigenvalue weighted by Crippen LogP contribution is -2.44. The van der Waals surface area contributed by atoms with Gasteiger partial charge in [-0.25, -0.2) is 0 Å². The molecule has 2 bridgehead atoms. The van der Waals surface area contributed by atoms with Crippen LogP contribution in [0.5, 0.6) is 0 Å². The van der Waals surface area contributed by atoms with Crippen molar-refractivity contribution in [2.45, 2.75) is 36.6 Å². The summed E-state index contributed by atoms with van der Waals surface area (Å²) in [6, 6.07) is 0. The van der Waals surface area contributed by atoms with E-state index in [1.54, 1.807) is 0 Å². The molecule has 11 heavy (non-hydrogen) atoms. The van der Waals surface area contributed by atoms with Crippen LogP contribution < -0.4 is 0 Å². The van der Waals surface area contributed by atoms with Crippen LogP contribution in [0.1, 0.15) is 0 Å². The Labute approximate surface area is 63.6 Å². The van der Waals surface area contributed by atoms with Crippen LogP contribution in [-0.4, -0.2) is 36.6 Å². The Morgan fingerprint density at radius 3 is 1.00 bits per heavy atom.